The normalized spacial score (nSPS) is 15.1. The fourth-order valence-corrected chi connectivity index (χ4v) is 5.09. The second-order valence-electron chi connectivity index (χ2n) is 9.98. The van der Waals surface area contributed by atoms with Crippen LogP contribution in [0.15, 0.2) is 66.7 Å². The number of aryl methyl sites for hydroxylation is 1. The lowest BCUT2D eigenvalue weighted by molar-refractivity contribution is -0.127. The number of aliphatic hydroxyl groups is 1. The summed E-state index contributed by atoms with van der Waals surface area (Å²) in [4.78, 5) is 28.0. The van der Waals surface area contributed by atoms with Crippen molar-refractivity contribution in [2.45, 2.75) is 64.4 Å². The first-order valence-electron chi connectivity index (χ1n) is 13.4. The van der Waals surface area contributed by atoms with E-state index in [-0.39, 0.29) is 18.9 Å². The molecule has 3 aromatic carbocycles. The van der Waals surface area contributed by atoms with Gasteiger partial charge >= 0.3 is 0 Å². The Morgan fingerprint density at radius 3 is 2.38 bits per heavy atom. The van der Waals surface area contributed by atoms with Crippen molar-refractivity contribution in [3.63, 3.8) is 0 Å². The Kier molecular flexibility index (Phi) is 9.43. The zero-order chi connectivity index (χ0) is 27.9. The van der Waals surface area contributed by atoms with E-state index in [1.54, 1.807) is 12.1 Å². The van der Waals surface area contributed by atoms with Crippen LogP contribution in [0.1, 0.15) is 52.9 Å². The number of nitrogens with one attached hydrogen (secondary N) is 2. The van der Waals surface area contributed by atoms with E-state index in [4.69, 9.17) is 0 Å². The van der Waals surface area contributed by atoms with Gasteiger partial charge in [-0.05, 0) is 59.7 Å². The maximum atomic E-state index is 13.9. The molecule has 3 aromatic rings. The highest BCUT2D eigenvalue weighted by atomic mass is 19.1. The average Bonchev–Trinajstić information content (AvgIpc) is 3.24. The molecule has 0 aromatic heterocycles. The summed E-state index contributed by atoms with van der Waals surface area (Å²) in [6.07, 6.45) is 0.241. The monoisotopic (exact) mass is 535 g/mol. The maximum absolute atomic E-state index is 13.9. The van der Waals surface area contributed by atoms with Crippen molar-refractivity contribution in [2.75, 3.05) is 6.54 Å². The molecule has 1 unspecified atom stereocenters. The van der Waals surface area contributed by atoms with Gasteiger partial charge in [0, 0.05) is 31.3 Å². The van der Waals surface area contributed by atoms with Crippen molar-refractivity contribution in [1.82, 2.24) is 15.5 Å². The van der Waals surface area contributed by atoms with Gasteiger partial charge in [-0.1, -0.05) is 56.3 Å². The number of fused-ring (bicyclic) bond motifs is 1. The second-order valence-corrected chi connectivity index (χ2v) is 9.98. The van der Waals surface area contributed by atoms with Crippen LogP contribution in [-0.2, 0) is 30.7 Å². The van der Waals surface area contributed by atoms with Crippen molar-refractivity contribution in [3.8, 4) is 0 Å². The van der Waals surface area contributed by atoms with Crippen LogP contribution in [-0.4, -0.2) is 46.6 Å². The number of benzene rings is 3. The van der Waals surface area contributed by atoms with Gasteiger partial charge in [0.15, 0.2) is 0 Å². The third-order valence-corrected chi connectivity index (χ3v) is 7.17. The number of halogens is 2. The zero-order valence-corrected chi connectivity index (χ0v) is 22.3. The minimum atomic E-state index is -1.06. The second kappa shape index (κ2) is 13.0. The number of carbonyl (C=O) groups is 2. The number of hydrogen-bond donors (Lipinski definition) is 3. The molecule has 4 rings (SSSR count). The number of carbonyl (C=O) groups excluding carboxylic acids is 2. The first kappa shape index (κ1) is 28.4. The van der Waals surface area contributed by atoms with Gasteiger partial charge in [0.2, 0.25) is 5.91 Å². The molecular weight excluding hydrogens is 500 g/mol. The van der Waals surface area contributed by atoms with E-state index in [1.165, 1.54) is 22.6 Å². The molecular formula is C31H35F2N3O3. The average molecular weight is 536 g/mol. The lowest BCUT2D eigenvalue weighted by Crippen LogP contribution is -2.54. The molecule has 0 saturated carbocycles. The van der Waals surface area contributed by atoms with Crippen molar-refractivity contribution in [1.29, 1.82) is 0 Å². The highest BCUT2D eigenvalue weighted by molar-refractivity contribution is 6.01. The van der Waals surface area contributed by atoms with Gasteiger partial charge in [-0.2, -0.15) is 0 Å². The number of nitrogens with zero attached hydrogens (tertiary/aromatic N) is 1. The Morgan fingerprint density at radius 1 is 0.974 bits per heavy atom. The van der Waals surface area contributed by atoms with E-state index in [9.17, 15) is 23.5 Å². The molecule has 0 spiro atoms. The first-order valence-corrected chi connectivity index (χ1v) is 13.4. The molecule has 1 heterocycles. The summed E-state index contributed by atoms with van der Waals surface area (Å²) in [5.74, 6) is -2.10. The molecule has 39 heavy (non-hydrogen) atoms. The SMILES string of the molecule is CCc1cccc(CNC[C@@H](O)[C@H](Cc2cc(F)cc(F)c2)NC(=O)C(CC)N2Cc3ccccc3C2=O)c1. The van der Waals surface area contributed by atoms with Crippen LogP contribution in [0, 0.1) is 11.6 Å². The Bertz CT molecular complexity index is 1300. The minimum Gasteiger partial charge on any atom is -0.390 e. The highest BCUT2D eigenvalue weighted by Crippen LogP contribution is 2.25. The number of aliphatic hydroxyl groups excluding tert-OH is 1. The Balaban J connectivity index is 1.47. The predicted octanol–water partition coefficient (Wildman–Crippen LogP) is 4.14. The summed E-state index contributed by atoms with van der Waals surface area (Å²) < 4.78 is 27.8. The topological polar surface area (TPSA) is 81.7 Å². The van der Waals surface area contributed by atoms with Crippen molar-refractivity contribution < 1.29 is 23.5 Å². The predicted molar refractivity (Wildman–Crippen MR) is 146 cm³/mol. The summed E-state index contributed by atoms with van der Waals surface area (Å²) >= 11 is 0. The Hall–Kier alpha value is -3.62. The van der Waals surface area contributed by atoms with Crippen molar-refractivity contribution >= 4 is 11.8 Å². The molecule has 3 atom stereocenters. The largest absolute Gasteiger partial charge is 0.390 e. The van der Waals surface area contributed by atoms with Crippen LogP contribution in [0.5, 0.6) is 0 Å². The van der Waals surface area contributed by atoms with Gasteiger partial charge < -0.3 is 20.6 Å². The lowest BCUT2D eigenvalue weighted by atomic mass is 9.99. The summed E-state index contributed by atoms with van der Waals surface area (Å²) in [5, 5.41) is 17.2. The van der Waals surface area contributed by atoms with Crippen LogP contribution >= 0.6 is 0 Å². The Labute approximate surface area is 228 Å². The summed E-state index contributed by atoms with van der Waals surface area (Å²) in [6, 6.07) is 16.9. The summed E-state index contributed by atoms with van der Waals surface area (Å²) in [6.45, 7) is 4.88. The molecule has 0 saturated heterocycles. The fraction of sp³-hybridized carbons (Fsp3) is 0.355. The van der Waals surface area contributed by atoms with E-state index >= 15 is 0 Å². The van der Waals surface area contributed by atoms with Crippen molar-refractivity contribution in [3.05, 3.63) is 106 Å². The highest BCUT2D eigenvalue weighted by Gasteiger charge is 2.36. The van der Waals surface area contributed by atoms with Crippen LogP contribution < -0.4 is 10.6 Å². The molecule has 1 aliphatic heterocycles. The molecule has 3 N–H and O–H groups in total. The van der Waals surface area contributed by atoms with E-state index in [0.29, 0.717) is 30.6 Å². The molecule has 0 bridgehead atoms. The van der Waals surface area contributed by atoms with Crippen molar-refractivity contribution in [2.24, 2.45) is 0 Å². The molecule has 206 valence electrons. The minimum absolute atomic E-state index is 0.0131. The van der Waals surface area contributed by atoms with Crippen LogP contribution in [0.25, 0.3) is 0 Å². The fourth-order valence-electron chi connectivity index (χ4n) is 5.09. The van der Waals surface area contributed by atoms with Gasteiger partial charge in [0.05, 0.1) is 12.1 Å². The zero-order valence-electron chi connectivity index (χ0n) is 22.3. The quantitative estimate of drug-likeness (QED) is 0.326. The third-order valence-electron chi connectivity index (χ3n) is 7.17. The van der Waals surface area contributed by atoms with E-state index in [2.05, 4.69) is 29.7 Å². The standard InChI is InChI=1S/C31H35F2N3O3/c1-3-20-8-7-9-21(12-20)17-34-18-29(37)27(15-22-13-24(32)16-25(33)14-22)35-30(38)28(4-2)36-19-23-10-5-6-11-26(23)31(36)39/h5-14,16,27-29,34,37H,3-4,15,17-19H2,1-2H3,(H,35,38)/t27-,28?,29+/m0/s1. The van der Waals surface area contributed by atoms with Gasteiger partial charge in [-0.25, -0.2) is 8.78 Å². The van der Waals surface area contributed by atoms with Crippen LogP contribution in [0.4, 0.5) is 8.78 Å². The molecule has 6 nitrogen and oxygen atoms in total. The number of rotatable bonds is 12. The van der Waals surface area contributed by atoms with Gasteiger partial charge in [-0.15, -0.1) is 0 Å². The van der Waals surface area contributed by atoms with E-state index in [0.717, 1.165) is 23.6 Å². The third kappa shape index (κ3) is 7.07. The molecule has 1 aliphatic rings. The lowest BCUT2D eigenvalue weighted by Gasteiger charge is -2.30. The number of amides is 2. The number of hydrogen-bond acceptors (Lipinski definition) is 4. The van der Waals surface area contributed by atoms with Gasteiger partial charge in [-0.3, -0.25) is 9.59 Å². The van der Waals surface area contributed by atoms with Gasteiger partial charge in [0.25, 0.3) is 5.91 Å². The summed E-state index contributed by atoms with van der Waals surface area (Å²) in [5.41, 5.74) is 4.01. The van der Waals surface area contributed by atoms with Crippen LogP contribution in [0.3, 0.4) is 0 Å². The molecule has 8 heteroatoms. The Morgan fingerprint density at radius 2 is 1.69 bits per heavy atom. The maximum Gasteiger partial charge on any atom is 0.255 e. The molecule has 2 amide bonds. The summed E-state index contributed by atoms with van der Waals surface area (Å²) in [7, 11) is 0. The van der Waals surface area contributed by atoms with Gasteiger partial charge in [0.1, 0.15) is 17.7 Å². The van der Waals surface area contributed by atoms with E-state index < -0.39 is 35.7 Å². The smallest absolute Gasteiger partial charge is 0.255 e. The first-order chi connectivity index (χ1) is 18.8. The molecule has 0 radical (unpaired) electrons. The molecule has 0 fully saturated rings. The molecule has 0 aliphatic carbocycles. The van der Waals surface area contributed by atoms with E-state index in [1.807, 2.05) is 31.2 Å². The van der Waals surface area contributed by atoms with Crippen LogP contribution in [0.2, 0.25) is 0 Å².